The number of rotatable bonds is 6. The van der Waals surface area contributed by atoms with Crippen molar-refractivity contribution in [3.8, 4) is 0 Å². The van der Waals surface area contributed by atoms with E-state index in [1.807, 2.05) is 6.92 Å². The van der Waals surface area contributed by atoms with Crippen molar-refractivity contribution >= 4 is 44.2 Å². The van der Waals surface area contributed by atoms with E-state index in [-0.39, 0.29) is 10.5 Å². The van der Waals surface area contributed by atoms with Crippen molar-refractivity contribution in [3.05, 3.63) is 45.8 Å². The molecular formula is C26H35N5O5S2. The number of hydrogen-bond donors (Lipinski definition) is 2. The van der Waals surface area contributed by atoms with Gasteiger partial charge in [0.25, 0.3) is 11.8 Å². The first-order chi connectivity index (χ1) is 18.0. The number of nitrogens with zero attached hydrogens (tertiary/aromatic N) is 3. The number of hydrogen-bond acceptors (Lipinski definition) is 7. The van der Waals surface area contributed by atoms with Gasteiger partial charge in [-0.1, -0.05) is 13.8 Å². The van der Waals surface area contributed by atoms with Crippen molar-refractivity contribution in [2.24, 2.45) is 5.92 Å². The molecule has 0 aliphatic carbocycles. The Morgan fingerprint density at radius 1 is 1.11 bits per heavy atom. The summed E-state index contributed by atoms with van der Waals surface area (Å²) < 4.78 is 27.6. The summed E-state index contributed by atoms with van der Waals surface area (Å²) in [5.74, 6) is -0.706. The number of amides is 4. The number of carbonyl (C=O) groups excluding carboxylic acids is 3. The average molecular weight is 562 g/mol. The number of anilines is 1. The van der Waals surface area contributed by atoms with Crippen LogP contribution in [0.4, 0.5) is 9.80 Å². The molecule has 0 saturated carbocycles. The van der Waals surface area contributed by atoms with Gasteiger partial charge in [0.2, 0.25) is 10.0 Å². The molecule has 0 bridgehead atoms. The molecule has 1 saturated heterocycles. The van der Waals surface area contributed by atoms with Crippen molar-refractivity contribution in [2.75, 3.05) is 45.6 Å². The number of urea groups is 1. The highest BCUT2D eigenvalue weighted by Crippen LogP contribution is 2.37. The molecule has 10 nitrogen and oxygen atoms in total. The van der Waals surface area contributed by atoms with E-state index in [2.05, 4.69) is 22.5 Å². The lowest BCUT2D eigenvalue weighted by Gasteiger charge is -2.30. The Kier molecular flexibility index (Phi) is 8.55. The van der Waals surface area contributed by atoms with E-state index in [1.165, 1.54) is 44.8 Å². The predicted molar refractivity (Wildman–Crippen MR) is 147 cm³/mol. The Morgan fingerprint density at radius 3 is 2.45 bits per heavy atom. The molecule has 1 fully saturated rings. The minimum atomic E-state index is -3.63. The van der Waals surface area contributed by atoms with Gasteiger partial charge in [-0.15, -0.1) is 11.3 Å². The Morgan fingerprint density at radius 2 is 1.82 bits per heavy atom. The van der Waals surface area contributed by atoms with E-state index in [1.54, 1.807) is 14.1 Å². The molecule has 1 aromatic heterocycles. The number of imide groups is 1. The summed E-state index contributed by atoms with van der Waals surface area (Å²) >= 11 is 1.33. The van der Waals surface area contributed by atoms with Crippen molar-refractivity contribution in [2.45, 2.75) is 44.6 Å². The number of likely N-dealkylation sites (N-methyl/N-ethyl adjacent to an activating group) is 1. The van der Waals surface area contributed by atoms with E-state index in [4.69, 9.17) is 0 Å². The lowest BCUT2D eigenvalue weighted by molar-refractivity contribution is 0.0956. The van der Waals surface area contributed by atoms with E-state index >= 15 is 0 Å². The standard InChI is InChI=1S/C26H35N5O5S2/c1-5-30-14-12-20-21(16-30)37-25(22(20)24(33)28-26(34)29(3)4)27-23(32)18-8-10-19(11-9-18)38(35,36)31-13-6-7-17(2)15-31/h8-11,17H,5-7,12-16H2,1-4H3,(H,27,32)(H,28,33,34). The maximum absolute atomic E-state index is 13.2. The smallest absolute Gasteiger partial charge is 0.323 e. The molecule has 12 heteroatoms. The van der Waals surface area contributed by atoms with Crippen LogP contribution in [0.5, 0.6) is 0 Å². The maximum atomic E-state index is 13.2. The van der Waals surface area contributed by atoms with Crippen LogP contribution in [0.2, 0.25) is 0 Å². The van der Waals surface area contributed by atoms with Crippen LogP contribution in [-0.4, -0.2) is 80.6 Å². The van der Waals surface area contributed by atoms with Gasteiger partial charge >= 0.3 is 6.03 Å². The van der Waals surface area contributed by atoms with Gasteiger partial charge in [-0.05, 0) is 61.6 Å². The summed E-state index contributed by atoms with van der Waals surface area (Å²) in [6.07, 6.45) is 2.48. The third kappa shape index (κ3) is 5.93. The van der Waals surface area contributed by atoms with Gasteiger partial charge in [0.05, 0.1) is 10.5 Å². The van der Waals surface area contributed by atoms with Gasteiger partial charge in [-0.3, -0.25) is 19.8 Å². The summed E-state index contributed by atoms with van der Waals surface area (Å²) in [5, 5.41) is 5.61. The Hall–Kier alpha value is -2.80. The first-order valence-corrected chi connectivity index (χ1v) is 15.1. The topological polar surface area (TPSA) is 119 Å². The fourth-order valence-electron chi connectivity index (χ4n) is 4.79. The molecule has 0 radical (unpaired) electrons. The van der Waals surface area contributed by atoms with Gasteiger partial charge in [-0.25, -0.2) is 13.2 Å². The molecular weight excluding hydrogens is 526 g/mol. The van der Waals surface area contributed by atoms with Crippen LogP contribution < -0.4 is 10.6 Å². The minimum absolute atomic E-state index is 0.150. The summed E-state index contributed by atoms with van der Waals surface area (Å²) in [6, 6.07) is 5.32. The molecule has 0 spiro atoms. The Balaban J connectivity index is 1.57. The molecule has 2 N–H and O–H groups in total. The third-order valence-electron chi connectivity index (χ3n) is 7.04. The van der Waals surface area contributed by atoms with E-state index in [0.717, 1.165) is 36.4 Å². The zero-order chi connectivity index (χ0) is 27.6. The number of benzene rings is 1. The summed E-state index contributed by atoms with van der Waals surface area (Å²) in [5.41, 5.74) is 1.42. The summed E-state index contributed by atoms with van der Waals surface area (Å²) in [4.78, 5) is 43.1. The van der Waals surface area contributed by atoms with Crippen molar-refractivity contribution in [1.29, 1.82) is 0 Å². The summed E-state index contributed by atoms with van der Waals surface area (Å²) in [6.45, 7) is 7.41. The highest BCUT2D eigenvalue weighted by Gasteiger charge is 2.31. The average Bonchev–Trinajstić information content (AvgIpc) is 3.25. The lowest BCUT2D eigenvalue weighted by atomic mass is 10.0. The SMILES string of the molecule is CCN1CCc2c(sc(NC(=O)c3ccc(S(=O)(=O)N4CCCC(C)C4)cc3)c2C(=O)NC(=O)N(C)C)C1. The van der Waals surface area contributed by atoms with Crippen LogP contribution in [0.15, 0.2) is 29.2 Å². The monoisotopic (exact) mass is 561 g/mol. The highest BCUT2D eigenvalue weighted by atomic mass is 32.2. The number of piperidine rings is 1. The molecule has 1 atom stereocenters. The first kappa shape index (κ1) is 28.2. The molecule has 4 rings (SSSR count). The number of thiophene rings is 1. The van der Waals surface area contributed by atoms with Gasteiger partial charge < -0.3 is 10.2 Å². The second-order valence-electron chi connectivity index (χ2n) is 10.1. The largest absolute Gasteiger partial charge is 0.331 e. The lowest BCUT2D eigenvalue weighted by Crippen LogP contribution is -2.39. The Labute approximate surface area is 228 Å². The maximum Gasteiger partial charge on any atom is 0.323 e. The van der Waals surface area contributed by atoms with E-state index in [9.17, 15) is 22.8 Å². The van der Waals surface area contributed by atoms with E-state index in [0.29, 0.717) is 42.5 Å². The predicted octanol–water partition coefficient (Wildman–Crippen LogP) is 3.21. The van der Waals surface area contributed by atoms with Crippen molar-refractivity contribution in [3.63, 3.8) is 0 Å². The normalized spacial score (nSPS) is 18.5. The molecule has 2 aromatic rings. The number of fused-ring (bicyclic) bond motifs is 1. The van der Waals surface area contributed by atoms with Gasteiger partial charge in [0.15, 0.2) is 0 Å². The zero-order valence-electron chi connectivity index (χ0n) is 22.2. The molecule has 38 heavy (non-hydrogen) atoms. The third-order valence-corrected chi connectivity index (χ3v) is 10.0. The molecule has 1 unspecified atom stereocenters. The van der Waals surface area contributed by atoms with Crippen LogP contribution in [0, 0.1) is 5.92 Å². The molecule has 1 aromatic carbocycles. The molecule has 206 valence electrons. The fraction of sp³-hybridized carbons (Fsp3) is 0.500. The zero-order valence-corrected chi connectivity index (χ0v) is 23.9. The second-order valence-corrected chi connectivity index (χ2v) is 13.1. The fourth-order valence-corrected chi connectivity index (χ4v) is 7.67. The molecule has 4 amide bonds. The first-order valence-electron chi connectivity index (χ1n) is 12.8. The molecule has 2 aliphatic heterocycles. The van der Waals surface area contributed by atoms with Gasteiger partial charge in [0.1, 0.15) is 5.00 Å². The Bertz CT molecular complexity index is 1320. The van der Waals surface area contributed by atoms with Crippen LogP contribution in [-0.2, 0) is 23.0 Å². The molecule has 2 aliphatic rings. The number of nitrogens with one attached hydrogen (secondary N) is 2. The quantitative estimate of drug-likeness (QED) is 0.559. The van der Waals surface area contributed by atoms with Crippen LogP contribution in [0.25, 0.3) is 0 Å². The van der Waals surface area contributed by atoms with Crippen LogP contribution >= 0.6 is 11.3 Å². The van der Waals surface area contributed by atoms with Gasteiger partial charge in [-0.2, -0.15) is 4.31 Å². The van der Waals surface area contributed by atoms with Crippen molar-refractivity contribution in [1.82, 2.24) is 19.4 Å². The number of carbonyl (C=O) groups is 3. The van der Waals surface area contributed by atoms with Gasteiger partial charge in [0, 0.05) is 50.7 Å². The second kappa shape index (κ2) is 11.5. The van der Waals surface area contributed by atoms with E-state index < -0.39 is 27.9 Å². The number of sulfonamides is 1. The summed E-state index contributed by atoms with van der Waals surface area (Å²) in [7, 11) is -0.543. The highest BCUT2D eigenvalue weighted by molar-refractivity contribution is 7.89. The minimum Gasteiger partial charge on any atom is -0.331 e. The van der Waals surface area contributed by atoms with Crippen molar-refractivity contribution < 1.29 is 22.8 Å². The molecule has 3 heterocycles. The van der Waals surface area contributed by atoms with Crippen LogP contribution in [0.1, 0.15) is 57.8 Å². The van der Waals surface area contributed by atoms with Crippen LogP contribution in [0.3, 0.4) is 0 Å².